The Morgan fingerprint density at radius 1 is 1.35 bits per heavy atom. The lowest BCUT2D eigenvalue weighted by Gasteiger charge is -2.25. The number of halogens is 2. The number of nitrogens with zero attached hydrogens (tertiary/aromatic N) is 1. The number of hydrogen-bond acceptors (Lipinski definition) is 5. The summed E-state index contributed by atoms with van der Waals surface area (Å²) >= 11 is 7.09. The van der Waals surface area contributed by atoms with Gasteiger partial charge in [-0.2, -0.15) is 0 Å². The molecule has 3 rings (SSSR count). The van der Waals surface area contributed by atoms with Crippen molar-refractivity contribution in [3.8, 4) is 0 Å². The molecule has 1 atom stereocenters. The van der Waals surface area contributed by atoms with E-state index in [-0.39, 0.29) is 17.8 Å². The largest absolute Gasteiger partial charge is 0.493 e. The summed E-state index contributed by atoms with van der Waals surface area (Å²) in [6.45, 7) is 8.26. The normalized spacial score (nSPS) is 17.7. The van der Waals surface area contributed by atoms with Crippen LogP contribution >= 0.6 is 22.9 Å². The molecule has 0 fully saturated rings. The number of fused-ring (bicyclic) bond motifs is 1. The van der Waals surface area contributed by atoms with Gasteiger partial charge in [0.2, 0.25) is 5.78 Å². The third kappa shape index (κ3) is 4.76. The molecule has 0 aromatic carbocycles. The fourth-order valence-corrected chi connectivity index (χ4v) is 6.07. The molecule has 1 aliphatic carbocycles. The van der Waals surface area contributed by atoms with E-state index in [1.165, 1.54) is 7.11 Å². The summed E-state index contributed by atoms with van der Waals surface area (Å²) in [6.07, 6.45) is 0.298. The van der Waals surface area contributed by atoms with Crippen LogP contribution in [0.2, 0.25) is 30.0 Å². The number of Topliss-reactive ketones (excluding diaryl/α,β-unsaturated/α-hetero) is 1. The molecule has 1 unspecified atom stereocenters. The van der Waals surface area contributed by atoms with E-state index >= 15 is 0 Å². The fourth-order valence-electron chi connectivity index (χ4n) is 3.92. The van der Waals surface area contributed by atoms with E-state index < -0.39 is 31.6 Å². The maximum atomic E-state index is 14.9. The van der Waals surface area contributed by atoms with E-state index in [0.29, 0.717) is 38.2 Å². The molecular formula is C22H25ClFNO4SSi. The van der Waals surface area contributed by atoms with Crippen molar-refractivity contribution < 1.29 is 23.8 Å². The number of aliphatic imine (C=N–C) groups is 1. The monoisotopic (exact) mass is 481 g/mol. The lowest BCUT2D eigenvalue weighted by atomic mass is 9.81. The Kier molecular flexibility index (Phi) is 6.74. The zero-order chi connectivity index (χ0) is 23.1. The minimum atomic E-state index is -1.52. The SMILES string of the molecule is COC1=C(F)CC2=NC(C)=C(C(CC[Si](C)(C)C)C(=O)O)C2=C1C(=O)c1ccc(Cl)s1. The molecule has 5 nitrogen and oxygen atoms in total. The van der Waals surface area contributed by atoms with Gasteiger partial charge in [0.05, 0.1) is 33.5 Å². The molecule has 2 aliphatic rings. The van der Waals surface area contributed by atoms with Crippen LogP contribution in [0.5, 0.6) is 0 Å². The first kappa shape index (κ1) is 23.6. The molecule has 0 saturated heterocycles. The van der Waals surface area contributed by atoms with Gasteiger partial charge >= 0.3 is 5.97 Å². The molecule has 1 N–H and O–H groups in total. The summed E-state index contributed by atoms with van der Waals surface area (Å²) in [5.41, 5.74) is 1.78. The molecule has 9 heteroatoms. The predicted molar refractivity (Wildman–Crippen MR) is 124 cm³/mol. The standard InChI is InChI=1S/C22H25ClFNO4SSi/c1-11-17(12(22(27)28)8-9-31(3,4)5)18-14(25-11)10-13(24)21(29-2)19(18)20(26)15-6-7-16(23)30-15/h6-7,12H,8-10H2,1-5H3,(H,27,28). The Morgan fingerprint density at radius 3 is 2.55 bits per heavy atom. The van der Waals surface area contributed by atoms with Crippen LogP contribution < -0.4 is 0 Å². The van der Waals surface area contributed by atoms with Gasteiger partial charge in [-0.25, -0.2) is 4.39 Å². The van der Waals surface area contributed by atoms with Crippen molar-refractivity contribution >= 4 is 48.5 Å². The van der Waals surface area contributed by atoms with Crippen molar-refractivity contribution in [3.05, 3.63) is 55.3 Å². The zero-order valence-corrected chi connectivity index (χ0v) is 20.7. The van der Waals surface area contributed by atoms with Gasteiger partial charge in [-0.3, -0.25) is 14.6 Å². The summed E-state index contributed by atoms with van der Waals surface area (Å²) in [6, 6.07) is 3.97. The van der Waals surface area contributed by atoms with Gasteiger partial charge in [-0.1, -0.05) is 37.3 Å². The van der Waals surface area contributed by atoms with Crippen LogP contribution in [0.15, 0.2) is 51.1 Å². The molecular weight excluding hydrogens is 457 g/mol. The number of allylic oxidation sites excluding steroid dienone is 4. The number of carboxylic acid groups (broad SMARTS) is 1. The van der Waals surface area contributed by atoms with Gasteiger partial charge in [-0.15, -0.1) is 11.3 Å². The number of thiophene rings is 1. The first-order valence-corrected chi connectivity index (χ1v) is 14.8. The molecule has 0 spiro atoms. The highest BCUT2D eigenvalue weighted by molar-refractivity contribution is 7.18. The third-order valence-corrected chi connectivity index (χ3v) is 8.37. The average Bonchev–Trinajstić information content (AvgIpc) is 3.22. The molecule has 1 aliphatic heterocycles. The molecule has 1 aromatic heterocycles. The summed E-state index contributed by atoms with van der Waals surface area (Å²) < 4.78 is 20.6. The van der Waals surface area contributed by atoms with Gasteiger partial charge in [0, 0.05) is 25.8 Å². The van der Waals surface area contributed by atoms with Crippen molar-refractivity contribution in [1.82, 2.24) is 0 Å². The van der Waals surface area contributed by atoms with E-state index in [9.17, 15) is 19.1 Å². The molecule has 0 saturated carbocycles. The molecule has 1 aromatic rings. The summed E-state index contributed by atoms with van der Waals surface area (Å²) in [5.74, 6) is -3.02. The molecule has 0 bridgehead atoms. The van der Waals surface area contributed by atoms with Crippen molar-refractivity contribution in [2.24, 2.45) is 10.9 Å². The highest BCUT2D eigenvalue weighted by Crippen LogP contribution is 2.44. The highest BCUT2D eigenvalue weighted by Gasteiger charge is 2.41. The topological polar surface area (TPSA) is 76.0 Å². The van der Waals surface area contributed by atoms with E-state index in [2.05, 4.69) is 24.6 Å². The Morgan fingerprint density at radius 2 is 2.03 bits per heavy atom. The average molecular weight is 482 g/mol. The van der Waals surface area contributed by atoms with Crippen LogP contribution in [-0.4, -0.2) is 37.8 Å². The number of ether oxygens (including phenoxy) is 1. The third-order valence-electron chi connectivity index (χ3n) is 5.35. The van der Waals surface area contributed by atoms with Gasteiger partial charge in [0.1, 0.15) is 5.83 Å². The first-order valence-electron chi connectivity index (χ1n) is 9.93. The molecule has 0 radical (unpaired) electrons. The minimum Gasteiger partial charge on any atom is -0.493 e. The number of carbonyl (C=O) groups excluding carboxylic acids is 1. The van der Waals surface area contributed by atoms with Crippen LogP contribution in [0.1, 0.15) is 29.4 Å². The van der Waals surface area contributed by atoms with Crippen molar-refractivity contribution in [2.45, 2.75) is 45.5 Å². The minimum absolute atomic E-state index is 0.0228. The second-order valence-electron chi connectivity index (χ2n) is 8.85. The van der Waals surface area contributed by atoms with Crippen LogP contribution in [0, 0.1) is 5.92 Å². The van der Waals surface area contributed by atoms with Gasteiger partial charge < -0.3 is 9.84 Å². The number of carbonyl (C=O) groups is 2. The number of methoxy groups -OCH3 is 1. The predicted octanol–water partition coefficient (Wildman–Crippen LogP) is 6.27. The van der Waals surface area contributed by atoms with Gasteiger partial charge in [0.25, 0.3) is 0 Å². The molecule has 0 amide bonds. The molecule has 31 heavy (non-hydrogen) atoms. The number of rotatable bonds is 8. The van der Waals surface area contributed by atoms with E-state index in [0.717, 1.165) is 17.4 Å². The first-order chi connectivity index (χ1) is 14.4. The van der Waals surface area contributed by atoms with E-state index in [4.69, 9.17) is 16.3 Å². The Bertz CT molecular complexity index is 1080. The van der Waals surface area contributed by atoms with Gasteiger partial charge in [-0.05, 0) is 31.1 Å². The van der Waals surface area contributed by atoms with Crippen molar-refractivity contribution in [3.63, 3.8) is 0 Å². The maximum Gasteiger partial charge on any atom is 0.311 e. The van der Waals surface area contributed by atoms with Crippen molar-refractivity contribution in [1.29, 1.82) is 0 Å². The molecule has 2 heterocycles. The van der Waals surface area contributed by atoms with Crippen LogP contribution in [-0.2, 0) is 9.53 Å². The fraction of sp³-hybridized carbons (Fsp3) is 0.409. The molecule has 166 valence electrons. The summed E-state index contributed by atoms with van der Waals surface area (Å²) in [7, 11) is -0.213. The number of ketones is 1. The van der Waals surface area contributed by atoms with Crippen LogP contribution in [0.25, 0.3) is 0 Å². The van der Waals surface area contributed by atoms with E-state index in [1.54, 1.807) is 19.1 Å². The number of aliphatic carboxylic acids is 1. The lowest BCUT2D eigenvalue weighted by Crippen LogP contribution is -2.27. The Balaban J connectivity index is 2.20. The number of carboxylic acids is 1. The Labute approximate surface area is 191 Å². The maximum absolute atomic E-state index is 14.9. The summed E-state index contributed by atoms with van der Waals surface area (Å²) in [4.78, 5) is 30.5. The van der Waals surface area contributed by atoms with Gasteiger partial charge in [0.15, 0.2) is 5.76 Å². The highest BCUT2D eigenvalue weighted by atomic mass is 35.5. The van der Waals surface area contributed by atoms with Crippen molar-refractivity contribution in [2.75, 3.05) is 7.11 Å². The lowest BCUT2D eigenvalue weighted by molar-refractivity contribution is -0.140. The Hall–Kier alpha value is -2.03. The summed E-state index contributed by atoms with van der Waals surface area (Å²) in [5, 5.41) is 10.0. The number of hydrogen-bond donors (Lipinski definition) is 1. The van der Waals surface area contributed by atoms with Crippen LogP contribution in [0.3, 0.4) is 0 Å². The second kappa shape index (κ2) is 8.84. The quantitative estimate of drug-likeness (QED) is 0.350. The smallest absolute Gasteiger partial charge is 0.311 e. The van der Waals surface area contributed by atoms with E-state index in [1.807, 2.05) is 0 Å². The zero-order valence-electron chi connectivity index (χ0n) is 18.1. The second-order valence-corrected chi connectivity index (χ2v) is 16.2. The van der Waals surface area contributed by atoms with Crippen LogP contribution in [0.4, 0.5) is 4.39 Å².